The van der Waals surface area contributed by atoms with Crippen LogP contribution in [0.5, 0.6) is 0 Å². The van der Waals surface area contributed by atoms with Gasteiger partial charge in [0.1, 0.15) is 0 Å². The molecule has 6 heteroatoms. The minimum Gasteiger partial charge on any atom is -0.139 e. The summed E-state index contributed by atoms with van der Waals surface area (Å²) in [6.45, 7) is 13.9. The fourth-order valence-electron chi connectivity index (χ4n) is 6.68. The van der Waals surface area contributed by atoms with E-state index in [2.05, 4.69) is 137 Å². The maximum Gasteiger partial charge on any atom is 0.0481 e. The Balaban J connectivity index is 0.00000307. The van der Waals surface area contributed by atoms with Gasteiger partial charge in [0.05, 0.1) is 0 Å². The lowest BCUT2D eigenvalue weighted by Crippen LogP contribution is -1.87. The van der Waals surface area contributed by atoms with Crippen molar-refractivity contribution in [1.29, 1.82) is 0 Å². The van der Waals surface area contributed by atoms with E-state index in [1.807, 2.05) is 11.3 Å². The average molecular weight is 949 g/mol. The van der Waals surface area contributed by atoms with E-state index in [1.165, 1.54) is 153 Å². The third kappa shape index (κ3) is 13.3. The third-order valence-electron chi connectivity index (χ3n) is 9.44. The zero-order chi connectivity index (χ0) is 34.7. The lowest BCUT2D eigenvalue weighted by atomic mass is 10.0. The largest absolute Gasteiger partial charge is 0.139 e. The van der Waals surface area contributed by atoms with Gasteiger partial charge in [0.25, 0.3) is 0 Å². The van der Waals surface area contributed by atoms with Crippen molar-refractivity contribution in [2.24, 2.45) is 0 Å². The Kier molecular flexibility index (Phi) is 21.8. The monoisotopic (exact) mass is 948 g/mol. The van der Waals surface area contributed by atoms with Crippen molar-refractivity contribution in [1.82, 2.24) is 0 Å². The first-order valence-electron chi connectivity index (χ1n) is 19.1. The van der Waals surface area contributed by atoms with Gasteiger partial charge in [-0.1, -0.05) is 105 Å². The molecule has 0 aromatic carbocycles. The Bertz CT molecular complexity index is 1440. The Morgan fingerprint density at radius 2 is 0.729 bits per heavy atom. The van der Waals surface area contributed by atoms with E-state index >= 15 is 0 Å². The molecule has 0 saturated carbocycles. The number of rotatable bonds is 23. The fraction of sp³-hybridized carbons (Fsp3) is 0.619. The van der Waals surface area contributed by atoms with E-state index in [4.69, 9.17) is 0 Å². The van der Waals surface area contributed by atoms with E-state index < -0.39 is 0 Å². The molecule has 0 radical (unpaired) electrons. The van der Waals surface area contributed by atoms with Crippen LogP contribution in [0.2, 0.25) is 0 Å². The van der Waals surface area contributed by atoms with E-state index in [1.54, 1.807) is 36.9 Å². The molecule has 4 aromatic heterocycles. The Labute approximate surface area is 334 Å². The van der Waals surface area contributed by atoms with Gasteiger partial charge < -0.3 is 0 Å². The second kappa shape index (κ2) is 24.5. The molecule has 0 saturated heterocycles. The molecule has 0 nitrogen and oxygen atoms in total. The molecule has 0 amide bonds. The molecule has 48 heavy (non-hydrogen) atoms. The predicted molar refractivity (Wildman–Crippen MR) is 243 cm³/mol. The van der Waals surface area contributed by atoms with Gasteiger partial charge in [0.15, 0.2) is 0 Å². The summed E-state index contributed by atoms with van der Waals surface area (Å²) in [5.74, 6) is 0. The molecule has 0 unspecified atom stereocenters. The normalized spacial score (nSPS) is 11.3. The van der Waals surface area contributed by atoms with Gasteiger partial charge >= 0.3 is 0 Å². The number of halogens is 2. The van der Waals surface area contributed by atoms with E-state index in [0.717, 1.165) is 0 Å². The van der Waals surface area contributed by atoms with Crippen molar-refractivity contribution in [3.8, 4) is 29.3 Å². The SMILES string of the molecule is CCCCCCc1cc(-c2sc(-c3sc(-c4sc(C)cc4CCCCCC)cc3CCCCCC)cc2CCCCCC)sc1C.II. The van der Waals surface area contributed by atoms with Crippen LogP contribution in [0.15, 0.2) is 24.3 Å². The highest BCUT2D eigenvalue weighted by atomic mass is 128. The fourth-order valence-corrected chi connectivity index (χ4v) is 11.6. The second-order valence-electron chi connectivity index (χ2n) is 13.6. The molecule has 0 spiro atoms. The van der Waals surface area contributed by atoms with Crippen molar-refractivity contribution in [3.05, 3.63) is 56.3 Å². The van der Waals surface area contributed by atoms with Crippen LogP contribution in [-0.2, 0) is 25.7 Å². The Morgan fingerprint density at radius 1 is 0.396 bits per heavy atom. The number of thiophene rings is 4. The van der Waals surface area contributed by atoms with Crippen LogP contribution >= 0.6 is 82.6 Å². The molecule has 268 valence electrons. The molecule has 4 heterocycles. The van der Waals surface area contributed by atoms with Gasteiger partial charge in [-0.25, -0.2) is 0 Å². The standard InChI is InChI=1S/C42H62S4.I2/c1-7-11-15-19-23-33-28-37(44-32(33)6)41-35(25-21-17-13-9-3)30-39(46-41)42-36(26-22-18-14-10-4)29-38(45-42)40-34(27-31(5)43-40)24-20-16-12-8-2;1-2/h27-30H,7-26H2,1-6H3;. The maximum atomic E-state index is 2.62. The zero-order valence-corrected chi connectivity index (χ0v) is 38.4. The second-order valence-corrected chi connectivity index (χ2v) is 18.2. The van der Waals surface area contributed by atoms with Gasteiger partial charge in [0, 0.05) is 76.2 Å². The third-order valence-corrected chi connectivity index (χ3v) is 14.5. The number of unbranched alkanes of at least 4 members (excludes halogenated alkanes) is 12. The van der Waals surface area contributed by atoms with Crippen LogP contribution < -0.4 is 0 Å². The quantitative estimate of drug-likeness (QED) is 0.0513. The summed E-state index contributed by atoms with van der Waals surface area (Å²) in [4.78, 5) is 12.2. The average Bonchev–Trinajstić information content (AvgIpc) is 3.88. The summed E-state index contributed by atoms with van der Waals surface area (Å²) >= 11 is 12.5. The first-order valence-corrected chi connectivity index (χ1v) is 28.6. The highest BCUT2D eigenvalue weighted by Crippen LogP contribution is 2.49. The van der Waals surface area contributed by atoms with Crippen LogP contribution in [0.3, 0.4) is 0 Å². The van der Waals surface area contributed by atoms with Crippen molar-refractivity contribution in [2.75, 3.05) is 0 Å². The lowest BCUT2D eigenvalue weighted by molar-refractivity contribution is 0.666. The van der Waals surface area contributed by atoms with E-state index in [0.29, 0.717) is 0 Å². The summed E-state index contributed by atoms with van der Waals surface area (Å²) in [6.07, 6.45) is 26.2. The molecule has 4 aromatic rings. The molecule has 0 aliphatic heterocycles. The Morgan fingerprint density at radius 3 is 1.15 bits per heavy atom. The molecular weight excluding hydrogens is 887 g/mol. The van der Waals surface area contributed by atoms with Crippen molar-refractivity contribution >= 4 is 82.6 Å². The highest BCUT2D eigenvalue weighted by molar-refractivity contribution is 15.0. The topological polar surface area (TPSA) is 0 Å². The summed E-state index contributed by atoms with van der Waals surface area (Å²) < 4.78 is 0. The van der Waals surface area contributed by atoms with Crippen LogP contribution in [0.1, 0.15) is 162 Å². The summed E-state index contributed by atoms with van der Waals surface area (Å²) in [5, 5.41) is 0. The predicted octanol–water partition coefficient (Wildman–Crippen LogP) is 17.8. The molecular formula is C42H62I2S4. The number of hydrogen-bond acceptors (Lipinski definition) is 4. The van der Waals surface area contributed by atoms with Crippen LogP contribution in [0, 0.1) is 13.8 Å². The summed E-state index contributed by atoms with van der Waals surface area (Å²) in [6, 6.07) is 10.3. The van der Waals surface area contributed by atoms with E-state index in [9.17, 15) is 0 Å². The summed E-state index contributed by atoms with van der Waals surface area (Å²) in [7, 11) is 0. The molecule has 0 fully saturated rings. The van der Waals surface area contributed by atoms with Gasteiger partial charge in [-0.3, -0.25) is 0 Å². The molecule has 0 aliphatic carbocycles. The van der Waals surface area contributed by atoms with Gasteiger partial charge in [-0.2, -0.15) is 0 Å². The highest BCUT2D eigenvalue weighted by Gasteiger charge is 2.21. The van der Waals surface area contributed by atoms with Gasteiger partial charge in [0.2, 0.25) is 0 Å². The maximum absolute atomic E-state index is 2.62. The first-order chi connectivity index (χ1) is 23.5. The number of hydrogen-bond donors (Lipinski definition) is 0. The van der Waals surface area contributed by atoms with Crippen LogP contribution in [-0.4, -0.2) is 0 Å². The van der Waals surface area contributed by atoms with Gasteiger partial charge in [-0.15, -0.1) is 45.3 Å². The molecule has 0 N–H and O–H groups in total. The lowest BCUT2D eigenvalue weighted by Gasteiger charge is -2.02. The van der Waals surface area contributed by atoms with Crippen LogP contribution in [0.4, 0.5) is 0 Å². The number of aryl methyl sites for hydroxylation is 6. The van der Waals surface area contributed by atoms with Crippen molar-refractivity contribution in [3.63, 3.8) is 0 Å². The van der Waals surface area contributed by atoms with Crippen molar-refractivity contribution in [2.45, 2.75) is 170 Å². The van der Waals surface area contributed by atoms with E-state index in [-0.39, 0.29) is 0 Å². The van der Waals surface area contributed by atoms with Gasteiger partial charge in [-0.05, 0) is 112 Å². The molecule has 0 aliphatic rings. The molecule has 0 atom stereocenters. The Hall–Kier alpha value is 0.260. The van der Waals surface area contributed by atoms with Crippen LogP contribution in [0.25, 0.3) is 29.3 Å². The minimum absolute atomic E-state index is 1.21. The summed E-state index contributed by atoms with van der Waals surface area (Å²) in [5.41, 5.74) is 6.39. The molecule has 4 rings (SSSR count). The smallest absolute Gasteiger partial charge is 0.0481 e. The first kappa shape index (κ1) is 42.7. The van der Waals surface area contributed by atoms with Crippen molar-refractivity contribution < 1.29 is 0 Å². The zero-order valence-electron chi connectivity index (χ0n) is 30.8. The minimum atomic E-state index is 1.21. The molecule has 0 bridgehead atoms.